The summed E-state index contributed by atoms with van der Waals surface area (Å²) >= 11 is 1.60. The maximum Gasteiger partial charge on any atom is 0.303 e. The molecule has 0 aliphatic heterocycles. The first-order valence-corrected chi connectivity index (χ1v) is 7.68. The number of nitrogens with one attached hydrogen (secondary N) is 1. The van der Waals surface area contributed by atoms with Crippen LogP contribution in [-0.4, -0.2) is 23.5 Å². The lowest BCUT2D eigenvalue weighted by Gasteiger charge is -2.17. The summed E-state index contributed by atoms with van der Waals surface area (Å²) in [5.41, 5.74) is 0.700. The summed E-state index contributed by atoms with van der Waals surface area (Å²) in [6.45, 7) is 8.43. The first kappa shape index (κ1) is 16.7. The standard InChI is InChI=1S/C15H23NO3S/c1-9(2)5-12(7-14(17)18)8-16-15(19)13-6-10(3)20-11(13)4/h6,9,12H,5,7-8H2,1-4H3,(H,16,19)(H,17,18). The number of rotatable bonds is 7. The van der Waals surface area contributed by atoms with E-state index in [2.05, 4.69) is 19.2 Å². The van der Waals surface area contributed by atoms with Crippen LogP contribution >= 0.6 is 11.3 Å². The Morgan fingerprint density at radius 2 is 2.00 bits per heavy atom. The monoisotopic (exact) mass is 297 g/mol. The number of carbonyl (C=O) groups excluding carboxylic acids is 1. The molecule has 0 aromatic carbocycles. The molecule has 112 valence electrons. The molecule has 0 aliphatic carbocycles. The van der Waals surface area contributed by atoms with Crippen LogP contribution in [0.15, 0.2) is 6.07 Å². The molecule has 2 N–H and O–H groups in total. The van der Waals surface area contributed by atoms with Crippen molar-refractivity contribution in [3.8, 4) is 0 Å². The lowest BCUT2D eigenvalue weighted by atomic mass is 9.94. The van der Waals surface area contributed by atoms with Crippen LogP contribution in [0, 0.1) is 25.7 Å². The van der Waals surface area contributed by atoms with Gasteiger partial charge in [0.15, 0.2) is 0 Å². The van der Waals surface area contributed by atoms with Crippen LogP contribution in [0.1, 0.15) is 46.8 Å². The molecule has 0 aliphatic rings. The fraction of sp³-hybridized carbons (Fsp3) is 0.600. The Hall–Kier alpha value is -1.36. The number of hydrogen-bond donors (Lipinski definition) is 2. The molecule has 1 rings (SSSR count). The minimum absolute atomic E-state index is 0.0171. The summed E-state index contributed by atoms with van der Waals surface area (Å²) in [5.74, 6) is -0.517. The van der Waals surface area contributed by atoms with Crippen molar-refractivity contribution in [1.29, 1.82) is 0 Å². The van der Waals surface area contributed by atoms with Crippen LogP contribution in [-0.2, 0) is 4.79 Å². The summed E-state index contributed by atoms with van der Waals surface area (Å²) in [5, 5.41) is 11.8. The normalized spacial score (nSPS) is 12.4. The number of carboxylic acid groups (broad SMARTS) is 1. The second-order valence-corrected chi connectivity index (χ2v) is 7.09. The molecule has 4 nitrogen and oxygen atoms in total. The lowest BCUT2D eigenvalue weighted by Crippen LogP contribution is -2.31. The SMILES string of the molecule is Cc1cc(C(=O)NCC(CC(=O)O)CC(C)C)c(C)s1. The molecule has 0 saturated heterocycles. The fourth-order valence-corrected chi connectivity index (χ4v) is 3.26. The van der Waals surface area contributed by atoms with E-state index in [0.29, 0.717) is 18.0 Å². The Balaban J connectivity index is 2.60. The van der Waals surface area contributed by atoms with E-state index in [0.717, 1.165) is 16.2 Å². The van der Waals surface area contributed by atoms with Gasteiger partial charge in [0.1, 0.15) is 0 Å². The van der Waals surface area contributed by atoms with Gasteiger partial charge in [-0.1, -0.05) is 13.8 Å². The smallest absolute Gasteiger partial charge is 0.303 e. The van der Waals surface area contributed by atoms with E-state index in [1.807, 2.05) is 19.9 Å². The van der Waals surface area contributed by atoms with E-state index in [-0.39, 0.29) is 18.2 Å². The topological polar surface area (TPSA) is 66.4 Å². The molecule has 0 saturated carbocycles. The molecule has 0 fully saturated rings. The van der Waals surface area contributed by atoms with E-state index >= 15 is 0 Å². The van der Waals surface area contributed by atoms with Crippen molar-refractivity contribution in [1.82, 2.24) is 5.32 Å². The second kappa shape index (κ2) is 7.43. The number of aryl methyl sites for hydroxylation is 2. The van der Waals surface area contributed by atoms with Gasteiger partial charge in [-0.25, -0.2) is 0 Å². The Kier molecular flexibility index (Phi) is 6.20. The summed E-state index contributed by atoms with van der Waals surface area (Å²) < 4.78 is 0. The van der Waals surface area contributed by atoms with E-state index in [1.165, 1.54) is 0 Å². The number of amides is 1. The predicted molar refractivity (Wildman–Crippen MR) is 81.3 cm³/mol. The summed E-state index contributed by atoms with van der Waals surface area (Å²) in [6, 6.07) is 1.88. The molecule has 1 heterocycles. The molecular weight excluding hydrogens is 274 g/mol. The molecule has 5 heteroatoms. The van der Waals surface area contributed by atoms with Crippen LogP contribution < -0.4 is 5.32 Å². The highest BCUT2D eigenvalue weighted by atomic mass is 32.1. The number of thiophene rings is 1. The quantitative estimate of drug-likeness (QED) is 0.812. The van der Waals surface area contributed by atoms with Gasteiger partial charge in [-0.3, -0.25) is 9.59 Å². The Morgan fingerprint density at radius 3 is 2.45 bits per heavy atom. The average Bonchev–Trinajstić information content (AvgIpc) is 2.63. The van der Waals surface area contributed by atoms with Gasteiger partial charge in [-0.2, -0.15) is 0 Å². The summed E-state index contributed by atoms with van der Waals surface area (Å²) in [6.07, 6.45) is 0.897. The highest BCUT2D eigenvalue weighted by Gasteiger charge is 2.18. The van der Waals surface area contributed by atoms with Crippen molar-refractivity contribution < 1.29 is 14.7 Å². The van der Waals surface area contributed by atoms with Gasteiger partial charge in [0.05, 0.1) is 5.56 Å². The molecule has 1 amide bonds. The van der Waals surface area contributed by atoms with Crippen molar-refractivity contribution >= 4 is 23.2 Å². The van der Waals surface area contributed by atoms with E-state index in [9.17, 15) is 9.59 Å². The van der Waals surface area contributed by atoms with Crippen LogP contribution in [0.5, 0.6) is 0 Å². The summed E-state index contributed by atoms with van der Waals surface area (Å²) in [7, 11) is 0. The third kappa shape index (κ3) is 5.33. The zero-order chi connectivity index (χ0) is 15.3. The third-order valence-corrected chi connectivity index (χ3v) is 4.07. The average molecular weight is 297 g/mol. The van der Waals surface area contributed by atoms with Crippen molar-refractivity contribution in [3.05, 3.63) is 21.4 Å². The molecule has 1 aromatic heterocycles. The lowest BCUT2D eigenvalue weighted by molar-refractivity contribution is -0.138. The van der Waals surface area contributed by atoms with Gasteiger partial charge in [0.25, 0.3) is 5.91 Å². The van der Waals surface area contributed by atoms with Gasteiger partial charge in [0, 0.05) is 22.7 Å². The first-order valence-electron chi connectivity index (χ1n) is 6.86. The Bertz CT molecular complexity index is 479. The molecular formula is C15H23NO3S. The maximum atomic E-state index is 12.1. The van der Waals surface area contributed by atoms with Crippen molar-refractivity contribution in [2.24, 2.45) is 11.8 Å². The second-order valence-electron chi connectivity index (χ2n) is 5.63. The van der Waals surface area contributed by atoms with Crippen molar-refractivity contribution in [2.45, 2.75) is 40.5 Å². The van der Waals surface area contributed by atoms with E-state index < -0.39 is 5.97 Å². The number of hydrogen-bond acceptors (Lipinski definition) is 3. The first-order chi connectivity index (χ1) is 9.29. The molecule has 1 atom stereocenters. The van der Waals surface area contributed by atoms with E-state index in [1.54, 1.807) is 11.3 Å². The minimum atomic E-state index is -0.813. The Morgan fingerprint density at radius 1 is 1.35 bits per heavy atom. The predicted octanol–water partition coefficient (Wildman–Crippen LogP) is 3.23. The van der Waals surface area contributed by atoms with Crippen molar-refractivity contribution in [3.63, 3.8) is 0 Å². The summed E-state index contributed by atoms with van der Waals surface area (Å²) in [4.78, 5) is 25.1. The molecule has 20 heavy (non-hydrogen) atoms. The highest BCUT2D eigenvalue weighted by Crippen LogP contribution is 2.21. The van der Waals surface area contributed by atoms with Crippen LogP contribution in [0.4, 0.5) is 0 Å². The highest BCUT2D eigenvalue weighted by molar-refractivity contribution is 7.12. The Labute approximate surface area is 124 Å². The minimum Gasteiger partial charge on any atom is -0.481 e. The molecule has 0 bridgehead atoms. The van der Waals surface area contributed by atoms with Crippen LogP contribution in [0.2, 0.25) is 0 Å². The molecule has 1 unspecified atom stereocenters. The van der Waals surface area contributed by atoms with Gasteiger partial charge < -0.3 is 10.4 Å². The van der Waals surface area contributed by atoms with Crippen LogP contribution in [0.3, 0.4) is 0 Å². The number of aliphatic carboxylic acids is 1. The van der Waals surface area contributed by atoms with Gasteiger partial charge in [0.2, 0.25) is 0 Å². The van der Waals surface area contributed by atoms with E-state index in [4.69, 9.17) is 5.11 Å². The molecule has 1 aromatic rings. The fourth-order valence-electron chi connectivity index (χ4n) is 2.34. The van der Waals surface area contributed by atoms with Gasteiger partial charge >= 0.3 is 5.97 Å². The zero-order valence-electron chi connectivity index (χ0n) is 12.5. The van der Waals surface area contributed by atoms with Gasteiger partial charge in [-0.15, -0.1) is 11.3 Å². The largest absolute Gasteiger partial charge is 0.481 e. The third-order valence-electron chi connectivity index (χ3n) is 3.10. The van der Waals surface area contributed by atoms with Gasteiger partial charge in [-0.05, 0) is 38.2 Å². The molecule has 0 radical (unpaired) electrons. The zero-order valence-corrected chi connectivity index (χ0v) is 13.3. The number of carbonyl (C=O) groups is 2. The van der Waals surface area contributed by atoms with Crippen LogP contribution in [0.25, 0.3) is 0 Å². The maximum absolute atomic E-state index is 12.1. The van der Waals surface area contributed by atoms with Crippen molar-refractivity contribution in [2.75, 3.05) is 6.54 Å². The number of carboxylic acids is 1. The molecule has 0 spiro atoms.